The van der Waals surface area contributed by atoms with Gasteiger partial charge in [-0.05, 0) is 19.1 Å². The Morgan fingerprint density at radius 3 is 2.83 bits per heavy atom. The van der Waals surface area contributed by atoms with Crippen LogP contribution in [-0.2, 0) is 11.3 Å². The number of aromatic nitrogens is 5. The summed E-state index contributed by atoms with van der Waals surface area (Å²) in [5, 5.41) is 15.2. The van der Waals surface area contributed by atoms with Crippen molar-refractivity contribution in [2.45, 2.75) is 26.4 Å². The van der Waals surface area contributed by atoms with Crippen molar-refractivity contribution in [3.05, 3.63) is 46.4 Å². The number of rotatable bonds is 5. The van der Waals surface area contributed by atoms with E-state index in [1.54, 1.807) is 12.4 Å². The van der Waals surface area contributed by atoms with Crippen LogP contribution in [0, 0.1) is 6.92 Å². The monoisotopic (exact) mass is 328 g/mol. The zero-order valence-electron chi connectivity index (χ0n) is 12.8. The lowest BCUT2D eigenvalue weighted by Crippen LogP contribution is -2.31. The molecule has 0 unspecified atom stereocenters. The molecule has 0 saturated heterocycles. The van der Waals surface area contributed by atoms with E-state index < -0.39 is 6.04 Å². The maximum atomic E-state index is 12.2. The van der Waals surface area contributed by atoms with Gasteiger partial charge in [0.1, 0.15) is 6.04 Å². The molecule has 1 aromatic carbocycles. The highest BCUT2D eigenvalue weighted by molar-refractivity contribution is 7.09. The van der Waals surface area contributed by atoms with Gasteiger partial charge in [-0.3, -0.25) is 4.79 Å². The van der Waals surface area contributed by atoms with Gasteiger partial charge in [-0.1, -0.05) is 30.3 Å². The van der Waals surface area contributed by atoms with E-state index in [0.29, 0.717) is 12.4 Å². The molecule has 3 rings (SSSR count). The van der Waals surface area contributed by atoms with E-state index in [1.807, 2.05) is 37.3 Å². The van der Waals surface area contributed by atoms with E-state index >= 15 is 0 Å². The molecule has 1 atom stereocenters. The number of amides is 1. The summed E-state index contributed by atoms with van der Waals surface area (Å²) in [5.74, 6) is 0.346. The fourth-order valence-corrected chi connectivity index (χ4v) is 2.72. The molecule has 0 bridgehead atoms. The molecule has 118 valence electrons. The molecule has 0 spiro atoms. The Morgan fingerprint density at radius 2 is 2.13 bits per heavy atom. The first kappa shape index (κ1) is 15.3. The molecule has 2 heterocycles. The number of thiazole rings is 1. The molecule has 0 aliphatic heterocycles. The van der Waals surface area contributed by atoms with Crippen LogP contribution in [0.2, 0.25) is 0 Å². The van der Waals surface area contributed by atoms with Crippen molar-refractivity contribution in [3.8, 4) is 11.4 Å². The van der Waals surface area contributed by atoms with E-state index in [9.17, 15) is 4.79 Å². The predicted molar refractivity (Wildman–Crippen MR) is 86.7 cm³/mol. The predicted octanol–water partition coefficient (Wildman–Crippen LogP) is 1.98. The van der Waals surface area contributed by atoms with Crippen molar-refractivity contribution in [2.24, 2.45) is 0 Å². The number of carbonyl (C=O) groups is 1. The molecule has 7 nitrogen and oxygen atoms in total. The van der Waals surface area contributed by atoms with Crippen LogP contribution in [0.5, 0.6) is 0 Å². The Labute approximate surface area is 137 Å². The van der Waals surface area contributed by atoms with Crippen LogP contribution in [0.3, 0.4) is 0 Å². The summed E-state index contributed by atoms with van der Waals surface area (Å²) in [7, 11) is 0. The van der Waals surface area contributed by atoms with Crippen LogP contribution in [0.25, 0.3) is 11.4 Å². The highest BCUT2D eigenvalue weighted by Crippen LogP contribution is 2.14. The maximum absolute atomic E-state index is 12.2. The standard InChI is InChI=1S/C15H16N6OS/c1-10-13(23-9-17-10)8-16-15(22)11(2)21-19-14(18-20-21)12-6-4-3-5-7-12/h3-7,9,11H,8H2,1-2H3,(H,16,22)/t11-/m0/s1. The summed E-state index contributed by atoms with van der Waals surface area (Å²) in [6, 6.07) is 9.00. The number of nitrogens with one attached hydrogen (secondary N) is 1. The van der Waals surface area contributed by atoms with Gasteiger partial charge in [-0.25, -0.2) is 4.98 Å². The van der Waals surface area contributed by atoms with E-state index in [1.165, 1.54) is 16.1 Å². The third kappa shape index (κ3) is 3.42. The Morgan fingerprint density at radius 1 is 1.35 bits per heavy atom. The highest BCUT2D eigenvalue weighted by Gasteiger charge is 2.18. The van der Waals surface area contributed by atoms with Gasteiger partial charge in [0.15, 0.2) is 0 Å². The number of hydrogen-bond acceptors (Lipinski definition) is 6. The second-order valence-electron chi connectivity index (χ2n) is 5.05. The number of carbonyl (C=O) groups excluding carboxylic acids is 1. The minimum absolute atomic E-state index is 0.158. The average Bonchev–Trinajstić information content (AvgIpc) is 3.22. The van der Waals surface area contributed by atoms with Gasteiger partial charge >= 0.3 is 0 Å². The highest BCUT2D eigenvalue weighted by atomic mass is 32.1. The van der Waals surface area contributed by atoms with Crippen LogP contribution in [0.1, 0.15) is 23.5 Å². The molecular formula is C15H16N6OS. The molecule has 1 amide bonds. The molecule has 0 aliphatic rings. The summed E-state index contributed by atoms with van der Waals surface area (Å²) in [5.41, 5.74) is 3.57. The van der Waals surface area contributed by atoms with E-state index in [-0.39, 0.29) is 5.91 Å². The fraction of sp³-hybridized carbons (Fsp3) is 0.267. The Hall–Kier alpha value is -2.61. The topological polar surface area (TPSA) is 85.6 Å². The zero-order chi connectivity index (χ0) is 16.2. The van der Waals surface area contributed by atoms with E-state index in [2.05, 4.69) is 25.7 Å². The summed E-state index contributed by atoms with van der Waals surface area (Å²) >= 11 is 1.52. The first-order chi connectivity index (χ1) is 11.1. The van der Waals surface area contributed by atoms with Gasteiger partial charge < -0.3 is 5.32 Å². The molecule has 3 aromatic rings. The third-order valence-electron chi connectivity index (χ3n) is 3.45. The molecule has 1 N–H and O–H groups in total. The SMILES string of the molecule is Cc1ncsc1CNC(=O)[C@H](C)n1nnc(-c2ccccc2)n1. The smallest absolute Gasteiger partial charge is 0.246 e. The number of hydrogen-bond donors (Lipinski definition) is 1. The number of benzene rings is 1. The summed E-state index contributed by atoms with van der Waals surface area (Å²) in [4.78, 5) is 18.8. The Kier molecular flexibility index (Phi) is 4.42. The van der Waals surface area contributed by atoms with Gasteiger partial charge in [0.25, 0.3) is 0 Å². The summed E-state index contributed by atoms with van der Waals surface area (Å²) in [6.45, 7) is 4.12. The van der Waals surface area contributed by atoms with Crippen LogP contribution >= 0.6 is 11.3 Å². The molecule has 0 aliphatic carbocycles. The van der Waals surface area contributed by atoms with E-state index in [0.717, 1.165) is 16.1 Å². The van der Waals surface area contributed by atoms with Crippen molar-refractivity contribution >= 4 is 17.2 Å². The van der Waals surface area contributed by atoms with Crippen LogP contribution < -0.4 is 5.32 Å². The van der Waals surface area contributed by atoms with Crippen LogP contribution in [0.15, 0.2) is 35.8 Å². The van der Waals surface area contributed by atoms with Gasteiger partial charge in [0.05, 0.1) is 17.7 Å². The normalized spacial score (nSPS) is 12.1. The van der Waals surface area contributed by atoms with Crippen molar-refractivity contribution in [1.82, 2.24) is 30.5 Å². The molecule has 0 radical (unpaired) electrons. The second-order valence-corrected chi connectivity index (χ2v) is 5.99. The van der Waals surface area contributed by atoms with Gasteiger partial charge in [0, 0.05) is 10.4 Å². The van der Waals surface area contributed by atoms with Crippen molar-refractivity contribution in [1.29, 1.82) is 0 Å². The van der Waals surface area contributed by atoms with Crippen molar-refractivity contribution < 1.29 is 4.79 Å². The third-order valence-corrected chi connectivity index (χ3v) is 4.39. The zero-order valence-corrected chi connectivity index (χ0v) is 13.6. The summed E-state index contributed by atoms with van der Waals surface area (Å²) in [6.07, 6.45) is 0. The minimum atomic E-state index is -0.534. The van der Waals surface area contributed by atoms with Crippen molar-refractivity contribution in [3.63, 3.8) is 0 Å². The minimum Gasteiger partial charge on any atom is -0.349 e. The number of aryl methyl sites for hydroxylation is 1. The first-order valence-corrected chi connectivity index (χ1v) is 8.04. The van der Waals surface area contributed by atoms with Crippen LogP contribution in [-0.4, -0.2) is 31.1 Å². The maximum Gasteiger partial charge on any atom is 0.246 e. The lowest BCUT2D eigenvalue weighted by molar-refractivity contribution is -0.124. The molecule has 23 heavy (non-hydrogen) atoms. The lowest BCUT2D eigenvalue weighted by atomic mass is 10.2. The van der Waals surface area contributed by atoms with Gasteiger partial charge in [0.2, 0.25) is 11.7 Å². The molecule has 2 aromatic heterocycles. The average molecular weight is 328 g/mol. The number of nitrogens with zero attached hydrogens (tertiary/aromatic N) is 5. The van der Waals surface area contributed by atoms with Gasteiger partial charge in [-0.2, -0.15) is 4.80 Å². The van der Waals surface area contributed by atoms with Crippen LogP contribution in [0.4, 0.5) is 0 Å². The lowest BCUT2D eigenvalue weighted by Gasteiger charge is -2.10. The van der Waals surface area contributed by atoms with Crippen molar-refractivity contribution in [2.75, 3.05) is 0 Å². The number of tetrazole rings is 1. The molecular weight excluding hydrogens is 312 g/mol. The molecule has 0 fully saturated rings. The van der Waals surface area contributed by atoms with E-state index in [4.69, 9.17) is 0 Å². The quantitative estimate of drug-likeness (QED) is 0.774. The fourth-order valence-electron chi connectivity index (χ4n) is 2.01. The Bertz CT molecular complexity index is 797. The summed E-state index contributed by atoms with van der Waals surface area (Å²) < 4.78 is 0. The second kappa shape index (κ2) is 6.66. The molecule has 0 saturated carbocycles. The largest absolute Gasteiger partial charge is 0.349 e. The van der Waals surface area contributed by atoms with Gasteiger partial charge in [-0.15, -0.1) is 21.5 Å². The Balaban J connectivity index is 1.66. The molecule has 8 heteroatoms. The first-order valence-electron chi connectivity index (χ1n) is 7.16.